The van der Waals surface area contributed by atoms with Crippen LogP contribution in [0.15, 0.2) is 47.4 Å². The van der Waals surface area contributed by atoms with Crippen molar-refractivity contribution in [3.05, 3.63) is 59.2 Å². The fourth-order valence-corrected chi connectivity index (χ4v) is 2.80. The van der Waals surface area contributed by atoms with E-state index in [1.54, 1.807) is 12.1 Å². The van der Waals surface area contributed by atoms with Gasteiger partial charge < -0.3 is 14.8 Å². The second-order valence-corrected chi connectivity index (χ2v) is 5.75. The average molecular weight is 359 g/mol. The van der Waals surface area contributed by atoms with E-state index in [9.17, 15) is 14.4 Å². The predicted octanol–water partition coefficient (Wildman–Crippen LogP) is 3.23. The van der Waals surface area contributed by atoms with Crippen LogP contribution in [-0.2, 0) is 9.47 Å². The van der Waals surface area contributed by atoms with E-state index in [1.165, 1.54) is 44.2 Å². The first-order valence-electron chi connectivity index (χ1n) is 7.26. The summed E-state index contributed by atoms with van der Waals surface area (Å²) in [5.74, 6) is -1.58. The number of nitrogens with one attached hydrogen (secondary N) is 1. The van der Waals surface area contributed by atoms with Crippen LogP contribution >= 0.6 is 11.8 Å². The summed E-state index contributed by atoms with van der Waals surface area (Å²) in [5, 5.41) is 2.68. The summed E-state index contributed by atoms with van der Waals surface area (Å²) in [6.07, 6.45) is 1.86. The van der Waals surface area contributed by atoms with E-state index in [0.717, 1.165) is 4.90 Å². The van der Waals surface area contributed by atoms with Crippen LogP contribution in [0.5, 0.6) is 0 Å². The van der Waals surface area contributed by atoms with Gasteiger partial charge in [-0.1, -0.05) is 12.1 Å². The third kappa shape index (κ3) is 4.19. The summed E-state index contributed by atoms with van der Waals surface area (Å²) < 4.78 is 9.40. The number of methoxy groups -OCH3 is 2. The first-order chi connectivity index (χ1) is 12.0. The van der Waals surface area contributed by atoms with E-state index in [2.05, 4.69) is 10.1 Å². The minimum Gasteiger partial charge on any atom is -0.465 e. The summed E-state index contributed by atoms with van der Waals surface area (Å²) in [5.41, 5.74) is 0.999. The smallest absolute Gasteiger partial charge is 0.339 e. The lowest BCUT2D eigenvalue weighted by Crippen LogP contribution is -2.17. The maximum Gasteiger partial charge on any atom is 0.339 e. The van der Waals surface area contributed by atoms with Gasteiger partial charge in [0.25, 0.3) is 5.91 Å². The largest absolute Gasteiger partial charge is 0.465 e. The highest BCUT2D eigenvalue weighted by atomic mass is 32.2. The molecule has 2 aromatic carbocycles. The Morgan fingerprint density at radius 1 is 0.920 bits per heavy atom. The molecule has 0 aliphatic carbocycles. The topological polar surface area (TPSA) is 81.7 Å². The van der Waals surface area contributed by atoms with Gasteiger partial charge in [0.15, 0.2) is 0 Å². The quantitative estimate of drug-likeness (QED) is 0.652. The molecule has 7 heteroatoms. The lowest BCUT2D eigenvalue weighted by molar-refractivity contribution is 0.0587. The maximum absolute atomic E-state index is 12.6. The fraction of sp³-hybridized carbons (Fsp3) is 0.167. The van der Waals surface area contributed by atoms with E-state index in [-0.39, 0.29) is 16.8 Å². The molecule has 25 heavy (non-hydrogen) atoms. The molecule has 0 unspecified atom stereocenters. The van der Waals surface area contributed by atoms with Gasteiger partial charge in [-0.15, -0.1) is 11.8 Å². The molecule has 2 rings (SSSR count). The predicted molar refractivity (Wildman–Crippen MR) is 95.3 cm³/mol. The van der Waals surface area contributed by atoms with Crippen molar-refractivity contribution in [3.8, 4) is 0 Å². The zero-order valence-electron chi connectivity index (χ0n) is 14.0. The lowest BCUT2D eigenvalue weighted by Gasteiger charge is -2.12. The zero-order chi connectivity index (χ0) is 18.4. The Labute approximate surface area is 149 Å². The van der Waals surface area contributed by atoms with Crippen LogP contribution in [-0.4, -0.2) is 38.3 Å². The Bertz CT molecular complexity index is 819. The van der Waals surface area contributed by atoms with E-state index < -0.39 is 17.8 Å². The fourth-order valence-electron chi connectivity index (χ4n) is 2.20. The Balaban J connectivity index is 2.43. The number of carbonyl (C=O) groups is 3. The monoisotopic (exact) mass is 359 g/mol. The molecule has 0 atom stereocenters. The van der Waals surface area contributed by atoms with Crippen molar-refractivity contribution in [1.82, 2.24) is 0 Å². The second-order valence-electron chi connectivity index (χ2n) is 4.90. The molecule has 0 saturated heterocycles. The molecule has 2 aromatic rings. The normalized spacial score (nSPS) is 10.0. The Hall–Kier alpha value is -2.80. The maximum atomic E-state index is 12.6. The Morgan fingerprint density at radius 3 is 2.24 bits per heavy atom. The van der Waals surface area contributed by atoms with Crippen molar-refractivity contribution in [1.29, 1.82) is 0 Å². The van der Waals surface area contributed by atoms with Crippen molar-refractivity contribution >= 4 is 35.3 Å². The van der Waals surface area contributed by atoms with Gasteiger partial charge in [-0.05, 0) is 36.6 Å². The number of carbonyl (C=O) groups excluding carboxylic acids is 3. The summed E-state index contributed by atoms with van der Waals surface area (Å²) in [4.78, 5) is 37.1. The molecule has 0 bridgehead atoms. The van der Waals surface area contributed by atoms with Crippen LogP contribution < -0.4 is 5.32 Å². The van der Waals surface area contributed by atoms with Crippen LogP contribution in [0.3, 0.4) is 0 Å². The highest BCUT2D eigenvalue weighted by Gasteiger charge is 2.19. The average Bonchev–Trinajstić information content (AvgIpc) is 2.66. The van der Waals surface area contributed by atoms with Crippen LogP contribution in [0.2, 0.25) is 0 Å². The van der Waals surface area contributed by atoms with E-state index in [0.29, 0.717) is 5.56 Å². The van der Waals surface area contributed by atoms with Gasteiger partial charge in [-0.3, -0.25) is 4.79 Å². The van der Waals surface area contributed by atoms with E-state index >= 15 is 0 Å². The van der Waals surface area contributed by atoms with Crippen molar-refractivity contribution in [3.63, 3.8) is 0 Å². The standard InChI is InChI=1S/C18H17NO5S/c1-23-17(21)11-8-9-12(18(22)24-2)14(10-11)19-16(20)13-6-4-5-7-15(13)25-3/h4-10H,1-3H3,(H,19,20). The van der Waals surface area contributed by atoms with Crippen molar-refractivity contribution < 1.29 is 23.9 Å². The number of hydrogen-bond donors (Lipinski definition) is 1. The van der Waals surface area contributed by atoms with Gasteiger partial charge in [0.2, 0.25) is 0 Å². The Kier molecular flexibility index (Phi) is 6.19. The highest BCUT2D eigenvalue weighted by molar-refractivity contribution is 7.98. The molecule has 0 aliphatic heterocycles. The molecule has 0 aliphatic rings. The molecule has 1 amide bonds. The molecular weight excluding hydrogens is 342 g/mol. The van der Waals surface area contributed by atoms with E-state index in [1.807, 2.05) is 18.4 Å². The van der Waals surface area contributed by atoms with Crippen molar-refractivity contribution in [2.75, 3.05) is 25.8 Å². The summed E-state index contributed by atoms with van der Waals surface area (Å²) in [6.45, 7) is 0. The zero-order valence-corrected chi connectivity index (χ0v) is 14.8. The second kappa shape index (κ2) is 8.34. The number of hydrogen-bond acceptors (Lipinski definition) is 6. The molecule has 1 N–H and O–H groups in total. The van der Waals surface area contributed by atoms with Gasteiger partial charge in [-0.25, -0.2) is 9.59 Å². The summed E-state index contributed by atoms with van der Waals surface area (Å²) in [7, 11) is 2.49. The molecule has 0 spiro atoms. The number of thioether (sulfide) groups is 1. The van der Waals surface area contributed by atoms with Crippen LogP contribution in [0.1, 0.15) is 31.1 Å². The molecule has 130 valence electrons. The molecule has 6 nitrogen and oxygen atoms in total. The molecule has 0 radical (unpaired) electrons. The minimum atomic E-state index is -0.620. The number of ether oxygens (including phenoxy) is 2. The van der Waals surface area contributed by atoms with Gasteiger partial charge in [0.1, 0.15) is 0 Å². The SMILES string of the molecule is COC(=O)c1ccc(C(=O)OC)c(NC(=O)c2ccccc2SC)c1. The van der Waals surface area contributed by atoms with Crippen LogP contribution in [0.4, 0.5) is 5.69 Å². The number of esters is 2. The molecule has 0 aromatic heterocycles. The summed E-state index contributed by atoms with van der Waals surface area (Å²) >= 11 is 1.43. The van der Waals surface area contributed by atoms with Crippen LogP contribution in [0, 0.1) is 0 Å². The molecular formula is C18H17NO5S. The van der Waals surface area contributed by atoms with Gasteiger partial charge in [-0.2, -0.15) is 0 Å². The van der Waals surface area contributed by atoms with Crippen LogP contribution in [0.25, 0.3) is 0 Å². The van der Waals surface area contributed by atoms with E-state index in [4.69, 9.17) is 4.74 Å². The van der Waals surface area contributed by atoms with Crippen molar-refractivity contribution in [2.45, 2.75) is 4.90 Å². The lowest BCUT2D eigenvalue weighted by atomic mass is 10.1. The van der Waals surface area contributed by atoms with Gasteiger partial charge in [0, 0.05) is 4.90 Å². The minimum absolute atomic E-state index is 0.144. The number of rotatable bonds is 5. The summed E-state index contributed by atoms with van der Waals surface area (Å²) in [6, 6.07) is 11.3. The first-order valence-corrected chi connectivity index (χ1v) is 8.49. The number of benzene rings is 2. The van der Waals surface area contributed by atoms with Gasteiger partial charge in [0.05, 0.1) is 36.6 Å². The number of anilines is 1. The molecule has 0 saturated carbocycles. The first kappa shape index (κ1) is 18.5. The Morgan fingerprint density at radius 2 is 1.60 bits per heavy atom. The third-order valence-corrected chi connectivity index (χ3v) is 4.24. The molecule has 0 fully saturated rings. The highest BCUT2D eigenvalue weighted by Crippen LogP contribution is 2.24. The van der Waals surface area contributed by atoms with Crippen molar-refractivity contribution in [2.24, 2.45) is 0 Å². The van der Waals surface area contributed by atoms with Gasteiger partial charge >= 0.3 is 11.9 Å². The third-order valence-electron chi connectivity index (χ3n) is 3.45. The molecule has 0 heterocycles. The number of amides is 1.